The molecule has 2 rings (SSSR count). The number of benzene rings is 1. The first-order valence-electron chi connectivity index (χ1n) is 6.28. The van der Waals surface area contributed by atoms with Crippen LogP contribution in [0.25, 0.3) is 0 Å². The quantitative estimate of drug-likeness (QED) is 0.906. The van der Waals surface area contributed by atoms with E-state index >= 15 is 0 Å². The lowest BCUT2D eigenvalue weighted by Crippen LogP contribution is -2.15. The lowest BCUT2D eigenvalue weighted by molar-refractivity contribution is 0.0696. The van der Waals surface area contributed by atoms with Crippen LogP contribution in [0.2, 0.25) is 0 Å². The van der Waals surface area contributed by atoms with Crippen molar-refractivity contribution in [2.45, 2.75) is 19.9 Å². The van der Waals surface area contributed by atoms with Crippen LogP contribution in [-0.4, -0.2) is 26.8 Å². The van der Waals surface area contributed by atoms with Gasteiger partial charge in [0.15, 0.2) is 5.69 Å². The van der Waals surface area contributed by atoms with Crippen LogP contribution in [0.3, 0.4) is 0 Å². The Morgan fingerprint density at radius 1 is 1.33 bits per heavy atom. The molecule has 1 aromatic heterocycles. The van der Waals surface area contributed by atoms with Crippen molar-refractivity contribution < 1.29 is 19.1 Å². The molecule has 0 aliphatic carbocycles. The first-order chi connectivity index (χ1) is 9.88. The van der Waals surface area contributed by atoms with Crippen molar-refractivity contribution >= 4 is 17.6 Å². The van der Waals surface area contributed by atoms with Crippen LogP contribution in [0.5, 0.6) is 0 Å². The molecule has 0 fully saturated rings. The summed E-state index contributed by atoms with van der Waals surface area (Å²) < 4.78 is 15.2. The fourth-order valence-corrected chi connectivity index (χ4v) is 1.69. The Balaban J connectivity index is 2.22. The maximum absolute atomic E-state index is 13.6. The number of nitrogens with zero attached hydrogens (tertiary/aromatic N) is 2. The van der Waals surface area contributed by atoms with E-state index in [9.17, 15) is 14.0 Å². The molecule has 0 unspecified atom stereocenters. The van der Waals surface area contributed by atoms with Crippen LogP contribution in [0, 0.1) is 5.82 Å². The maximum Gasteiger partial charge on any atom is 0.335 e. The zero-order chi connectivity index (χ0) is 15.6. The highest BCUT2D eigenvalue weighted by Gasteiger charge is 2.14. The van der Waals surface area contributed by atoms with E-state index in [-0.39, 0.29) is 23.0 Å². The summed E-state index contributed by atoms with van der Waals surface area (Å²) in [6.45, 7) is 3.81. The SMILES string of the molecule is CC(C)n1ccc(C(=O)Nc2cc(C(=O)O)ccc2F)n1. The van der Waals surface area contributed by atoms with Crippen LogP contribution in [0.4, 0.5) is 10.1 Å². The molecule has 7 heteroatoms. The van der Waals surface area contributed by atoms with Crippen LogP contribution in [-0.2, 0) is 0 Å². The summed E-state index contributed by atoms with van der Waals surface area (Å²) in [7, 11) is 0. The number of rotatable bonds is 4. The van der Waals surface area contributed by atoms with E-state index in [2.05, 4.69) is 10.4 Å². The molecule has 2 N–H and O–H groups in total. The number of amides is 1. The van der Waals surface area contributed by atoms with Gasteiger partial charge in [0.05, 0.1) is 11.3 Å². The number of anilines is 1. The molecule has 0 aliphatic rings. The van der Waals surface area contributed by atoms with Crippen LogP contribution in [0.15, 0.2) is 30.5 Å². The maximum atomic E-state index is 13.6. The lowest BCUT2D eigenvalue weighted by atomic mass is 10.2. The predicted molar refractivity (Wildman–Crippen MR) is 73.9 cm³/mol. The Morgan fingerprint density at radius 3 is 2.62 bits per heavy atom. The summed E-state index contributed by atoms with van der Waals surface area (Å²) in [5.74, 6) is -2.51. The minimum Gasteiger partial charge on any atom is -0.478 e. The smallest absolute Gasteiger partial charge is 0.335 e. The third-order valence-electron chi connectivity index (χ3n) is 2.83. The highest BCUT2D eigenvalue weighted by Crippen LogP contribution is 2.17. The van der Waals surface area contributed by atoms with E-state index < -0.39 is 17.7 Å². The van der Waals surface area contributed by atoms with Crippen molar-refractivity contribution in [1.82, 2.24) is 9.78 Å². The number of halogens is 1. The van der Waals surface area contributed by atoms with Crippen molar-refractivity contribution in [3.05, 3.63) is 47.5 Å². The van der Waals surface area contributed by atoms with Gasteiger partial charge in [0.25, 0.3) is 5.91 Å². The second-order valence-corrected chi connectivity index (χ2v) is 4.73. The Bertz CT molecular complexity index is 695. The number of hydrogen-bond acceptors (Lipinski definition) is 3. The van der Waals surface area contributed by atoms with Gasteiger partial charge in [-0.1, -0.05) is 0 Å². The molecule has 0 saturated carbocycles. The summed E-state index contributed by atoms with van der Waals surface area (Å²) in [5.41, 5.74) is -0.178. The number of carbonyl (C=O) groups is 2. The predicted octanol–water partition coefficient (Wildman–Crippen LogP) is 2.55. The number of nitrogens with one attached hydrogen (secondary N) is 1. The summed E-state index contributed by atoms with van der Waals surface area (Å²) in [6.07, 6.45) is 1.64. The molecule has 1 aromatic carbocycles. The van der Waals surface area contributed by atoms with Crippen molar-refractivity contribution in [3.8, 4) is 0 Å². The van der Waals surface area contributed by atoms with Crippen LogP contribution >= 0.6 is 0 Å². The standard InChI is InChI=1S/C14H14FN3O3/c1-8(2)18-6-5-11(17-18)13(19)16-12-7-9(14(20)21)3-4-10(12)15/h3-8H,1-2H3,(H,16,19)(H,20,21). The highest BCUT2D eigenvalue weighted by atomic mass is 19.1. The fraction of sp³-hybridized carbons (Fsp3) is 0.214. The van der Waals surface area contributed by atoms with E-state index in [0.29, 0.717) is 0 Å². The Morgan fingerprint density at radius 2 is 2.05 bits per heavy atom. The zero-order valence-electron chi connectivity index (χ0n) is 11.5. The molecule has 0 aliphatic heterocycles. The molecule has 21 heavy (non-hydrogen) atoms. The number of hydrogen-bond donors (Lipinski definition) is 2. The Labute approximate surface area is 120 Å². The summed E-state index contributed by atoms with van der Waals surface area (Å²) in [5, 5.41) is 15.2. The van der Waals surface area contributed by atoms with Crippen LogP contribution < -0.4 is 5.32 Å². The molecule has 1 heterocycles. The third-order valence-corrected chi connectivity index (χ3v) is 2.83. The molecule has 0 saturated heterocycles. The van der Waals surface area contributed by atoms with E-state index in [0.717, 1.165) is 18.2 Å². The number of carbonyl (C=O) groups excluding carboxylic acids is 1. The van der Waals surface area contributed by atoms with Gasteiger partial charge >= 0.3 is 5.97 Å². The van der Waals surface area contributed by atoms with Crippen LogP contribution in [0.1, 0.15) is 40.7 Å². The lowest BCUT2D eigenvalue weighted by Gasteiger charge is -2.06. The fourth-order valence-electron chi connectivity index (χ4n) is 1.69. The van der Waals surface area contributed by atoms with E-state index in [1.807, 2.05) is 13.8 Å². The normalized spacial score (nSPS) is 10.7. The summed E-state index contributed by atoms with van der Waals surface area (Å²) >= 11 is 0. The molecule has 0 bridgehead atoms. The minimum atomic E-state index is -1.20. The van der Waals surface area contributed by atoms with Gasteiger partial charge in [-0.25, -0.2) is 9.18 Å². The molecular formula is C14H14FN3O3. The third kappa shape index (κ3) is 3.25. The number of aromatic carboxylic acids is 1. The van der Waals surface area contributed by atoms with Crippen molar-refractivity contribution in [3.63, 3.8) is 0 Å². The molecular weight excluding hydrogens is 277 g/mol. The minimum absolute atomic E-state index is 0.0959. The summed E-state index contributed by atoms with van der Waals surface area (Å²) in [4.78, 5) is 22.8. The van der Waals surface area contributed by atoms with Gasteiger partial charge in [0.1, 0.15) is 5.82 Å². The molecule has 0 radical (unpaired) electrons. The van der Waals surface area contributed by atoms with Crippen molar-refractivity contribution in [2.75, 3.05) is 5.32 Å². The van der Waals surface area contributed by atoms with Gasteiger partial charge in [-0.15, -0.1) is 0 Å². The molecule has 110 valence electrons. The molecule has 0 spiro atoms. The highest BCUT2D eigenvalue weighted by molar-refractivity contribution is 6.03. The first kappa shape index (κ1) is 14.7. The van der Waals surface area contributed by atoms with Gasteiger partial charge < -0.3 is 10.4 Å². The number of carboxylic acids is 1. The van der Waals surface area contributed by atoms with Gasteiger partial charge in [-0.3, -0.25) is 9.48 Å². The monoisotopic (exact) mass is 291 g/mol. The Hall–Kier alpha value is -2.70. The number of carboxylic acid groups (broad SMARTS) is 1. The van der Waals surface area contributed by atoms with Crippen molar-refractivity contribution in [2.24, 2.45) is 0 Å². The summed E-state index contributed by atoms with van der Waals surface area (Å²) in [6, 6.07) is 4.79. The first-order valence-corrected chi connectivity index (χ1v) is 6.28. The molecule has 2 aromatic rings. The second-order valence-electron chi connectivity index (χ2n) is 4.73. The largest absolute Gasteiger partial charge is 0.478 e. The molecule has 0 atom stereocenters. The Kier molecular flexibility index (Phi) is 4.02. The van der Waals surface area contributed by atoms with Gasteiger partial charge in [-0.05, 0) is 38.1 Å². The van der Waals surface area contributed by atoms with Crippen molar-refractivity contribution in [1.29, 1.82) is 0 Å². The van der Waals surface area contributed by atoms with E-state index in [4.69, 9.17) is 5.11 Å². The average Bonchev–Trinajstić information content (AvgIpc) is 2.90. The van der Waals surface area contributed by atoms with E-state index in [1.54, 1.807) is 10.9 Å². The number of aromatic nitrogens is 2. The van der Waals surface area contributed by atoms with E-state index in [1.165, 1.54) is 6.07 Å². The molecule has 1 amide bonds. The van der Waals surface area contributed by atoms with Gasteiger partial charge in [-0.2, -0.15) is 5.10 Å². The average molecular weight is 291 g/mol. The molecule has 6 nitrogen and oxygen atoms in total. The zero-order valence-corrected chi connectivity index (χ0v) is 11.5. The van der Waals surface area contributed by atoms with Gasteiger partial charge in [0.2, 0.25) is 0 Å². The van der Waals surface area contributed by atoms with Gasteiger partial charge in [0, 0.05) is 12.2 Å². The second kappa shape index (κ2) is 5.74. The topological polar surface area (TPSA) is 84.2 Å².